The van der Waals surface area contributed by atoms with Crippen molar-refractivity contribution in [3.8, 4) is 0 Å². The molecule has 1 aliphatic carbocycles. The third-order valence-electron chi connectivity index (χ3n) is 4.35. The molecule has 0 spiro atoms. The zero-order chi connectivity index (χ0) is 14.3. The molecule has 1 heterocycles. The maximum atomic E-state index is 12.4. The van der Waals surface area contributed by atoms with Crippen molar-refractivity contribution in [1.29, 1.82) is 0 Å². The minimum atomic E-state index is 0.0107. The molecule has 1 saturated carbocycles. The van der Waals surface area contributed by atoms with Gasteiger partial charge in [-0.05, 0) is 43.0 Å². The predicted octanol–water partition coefficient (Wildman–Crippen LogP) is 2.08. The van der Waals surface area contributed by atoms with Crippen LogP contribution in [0.5, 0.6) is 0 Å². The van der Waals surface area contributed by atoms with Crippen LogP contribution in [0.3, 0.4) is 0 Å². The van der Waals surface area contributed by atoms with E-state index in [1.165, 1.54) is 6.42 Å². The van der Waals surface area contributed by atoms with Gasteiger partial charge in [-0.3, -0.25) is 9.59 Å². The molecule has 0 saturated heterocycles. The number of carbonyl (C=O) groups excluding carboxylic acids is 2. The molecule has 1 aromatic carbocycles. The first-order valence-corrected chi connectivity index (χ1v) is 7.24. The van der Waals surface area contributed by atoms with E-state index in [1.807, 2.05) is 23.1 Å². The van der Waals surface area contributed by atoms with Crippen LogP contribution in [0.25, 0.3) is 0 Å². The highest BCUT2D eigenvalue weighted by atomic mass is 16.2. The van der Waals surface area contributed by atoms with Crippen molar-refractivity contribution in [2.75, 3.05) is 25.5 Å². The summed E-state index contributed by atoms with van der Waals surface area (Å²) >= 11 is 0. The Bertz CT molecular complexity index is 562. The van der Waals surface area contributed by atoms with Gasteiger partial charge < -0.3 is 9.80 Å². The molecule has 3 rings (SSSR count). The van der Waals surface area contributed by atoms with Crippen LogP contribution in [0.4, 0.5) is 5.69 Å². The number of rotatable bonds is 2. The molecule has 4 nitrogen and oxygen atoms in total. The molecule has 1 fully saturated rings. The van der Waals surface area contributed by atoms with Crippen molar-refractivity contribution in [2.24, 2.45) is 5.92 Å². The van der Waals surface area contributed by atoms with E-state index in [0.717, 1.165) is 37.1 Å². The Hall–Kier alpha value is -1.84. The van der Waals surface area contributed by atoms with Crippen molar-refractivity contribution in [1.82, 2.24) is 4.90 Å². The number of amides is 2. The van der Waals surface area contributed by atoms with Crippen LogP contribution in [0.1, 0.15) is 35.2 Å². The van der Waals surface area contributed by atoms with Gasteiger partial charge in [0, 0.05) is 37.8 Å². The summed E-state index contributed by atoms with van der Waals surface area (Å²) in [6.07, 6.45) is 4.08. The summed E-state index contributed by atoms with van der Waals surface area (Å²) in [7, 11) is 3.50. The van der Waals surface area contributed by atoms with Crippen molar-refractivity contribution in [3.05, 3.63) is 29.3 Å². The quantitative estimate of drug-likeness (QED) is 0.827. The number of nitrogens with zero attached hydrogens (tertiary/aromatic N) is 2. The Morgan fingerprint density at radius 1 is 1.25 bits per heavy atom. The van der Waals surface area contributed by atoms with Crippen LogP contribution in [-0.2, 0) is 11.2 Å². The second-order valence-electron chi connectivity index (χ2n) is 5.91. The van der Waals surface area contributed by atoms with Gasteiger partial charge in [-0.2, -0.15) is 0 Å². The molecular weight excluding hydrogens is 252 g/mol. The lowest BCUT2D eigenvalue weighted by molar-refractivity contribution is -0.124. The van der Waals surface area contributed by atoms with Gasteiger partial charge in [0.2, 0.25) is 5.91 Å². The Labute approximate surface area is 119 Å². The normalized spacial score (nSPS) is 17.6. The first kappa shape index (κ1) is 13.2. The van der Waals surface area contributed by atoms with Crippen LogP contribution >= 0.6 is 0 Å². The fourth-order valence-electron chi connectivity index (χ4n) is 2.90. The van der Waals surface area contributed by atoms with Crippen LogP contribution in [0.2, 0.25) is 0 Å². The minimum absolute atomic E-state index is 0.0107. The van der Waals surface area contributed by atoms with E-state index in [9.17, 15) is 9.59 Å². The monoisotopic (exact) mass is 272 g/mol. The van der Waals surface area contributed by atoms with E-state index in [2.05, 4.69) is 0 Å². The van der Waals surface area contributed by atoms with Crippen LogP contribution in [0.15, 0.2) is 18.2 Å². The average molecular weight is 272 g/mol. The second-order valence-corrected chi connectivity index (χ2v) is 5.91. The molecule has 0 unspecified atom stereocenters. The summed E-state index contributed by atoms with van der Waals surface area (Å²) in [6, 6.07) is 5.69. The largest absolute Gasteiger partial charge is 0.345 e. The maximum Gasteiger partial charge on any atom is 0.253 e. The minimum Gasteiger partial charge on any atom is -0.345 e. The van der Waals surface area contributed by atoms with Crippen molar-refractivity contribution in [3.63, 3.8) is 0 Å². The summed E-state index contributed by atoms with van der Waals surface area (Å²) in [5.74, 6) is 0.502. The van der Waals surface area contributed by atoms with Gasteiger partial charge in [-0.1, -0.05) is 6.42 Å². The standard InChI is InChI=1S/C16H20N2O2/c1-17(2)15(19)13-6-7-14-12(10-13)8-9-18(14)16(20)11-4-3-5-11/h6-7,10-11H,3-5,8-9H2,1-2H3. The molecule has 0 atom stereocenters. The Balaban J connectivity index is 1.84. The number of hydrogen-bond acceptors (Lipinski definition) is 2. The Kier molecular flexibility index (Phi) is 3.24. The molecule has 1 aliphatic heterocycles. The predicted molar refractivity (Wildman–Crippen MR) is 77.9 cm³/mol. The van der Waals surface area contributed by atoms with Crippen LogP contribution < -0.4 is 4.90 Å². The van der Waals surface area contributed by atoms with E-state index in [-0.39, 0.29) is 17.7 Å². The SMILES string of the molecule is CN(C)C(=O)c1ccc2c(c1)CCN2C(=O)C1CCC1. The van der Waals surface area contributed by atoms with Crippen molar-refractivity contribution < 1.29 is 9.59 Å². The molecule has 2 aliphatic rings. The number of anilines is 1. The lowest BCUT2D eigenvalue weighted by Crippen LogP contribution is -2.37. The highest BCUT2D eigenvalue weighted by Gasteiger charge is 2.33. The first-order chi connectivity index (χ1) is 9.58. The van der Waals surface area contributed by atoms with Gasteiger partial charge in [-0.25, -0.2) is 0 Å². The number of benzene rings is 1. The van der Waals surface area contributed by atoms with Crippen molar-refractivity contribution >= 4 is 17.5 Å². The lowest BCUT2D eigenvalue weighted by atomic mass is 9.84. The maximum absolute atomic E-state index is 12.4. The van der Waals surface area contributed by atoms with Gasteiger partial charge in [-0.15, -0.1) is 0 Å². The molecule has 106 valence electrons. The van der Waals surface area contributed by atoms with E-state index < -0.39 is 0 Å². The molecule has 0 N–H and O–H groups in total. The van der Waals surface area contributed by atoms with Gasteiger partial charge >= 0.3 is 0 Å². The highest BCUT2D eigenvalue weighted by molar-refractivity contribution is 5.99. The smallest absolute Gasteiger partial charge is 0.253 e. The summed E-state index contributed by atoms with van der Waals surface area (Å²) in [6.45, 7) is 0.754. The first-order valence-electron chi connectivity index (χ1n) is 7.24. The molecule has 1 aromatic rings. The molecule has 4 heteroatoms. The number of fused-ring (bicyclic) bond motifs is 1. The molecule has 2 amide bonds. The summed E-state index contributed by atoms with van der Waals surface area (Å²) in [5.41, 5.74) is 2.81. The zero-order valence-electron chi connectivity index (χ0n) is 12.1. The third-order valence-corrected chi connectivity index (χ3v) is 4.35. The fraction of sp³-hybridized carbons (Fsp3) is 0.500. The summed E-state index contributed by atoms with van der Waals surface area (Å²) in [5, 5.41) is 0. The average Bonchev–Trinajstić information content (AvgIpc) is 2.78. The topological polar surface area (TPSA) is 40.6 Å². The number of hydrogen-bond donors (Lipinski definition) is 0. The molecule has 0 bridgehead atoms. The summed E-state index contributed by atoms with van der Waals surface area (Å²) in [4.78, 5) is 27.8. The lowest BCUT2D eigenvalue weighted by Gasteiger charge is -2.29. The fourth-order valence-corrected chi connectivity index (χ4v) is 2.90. The summed E-state index contributed by atoms with van der Waals surface area (Å²) < 4.78 is 0. The Morgan fingerprint density at radius 2 is 2.00 bits per heavy atom. The molecule has 0 aromatic heterocycles. The van der Waals surface area contributed by atoms with E-state index in [4.69, 9.17) is 0 Å². The molecular formula is C16H20N2O2. The van der Waals surface area contributed by atoms with Crippen molar-refractivity contribution in [2.45, 2.75) is 25.7 Å². The Morgan fingerprint density at radius 3 is 2.60 bits per heavy atom. The van der Waals surface area contributed by atoms with E-state index in [0.29, 0.717) is 5.56 Å². The van der Waals surface area contributed by atoms with Gasteiger partial charge in [0.1, 0.15) is 0 Å². The van der Waals surface area contributed by atoms with Gasteiger partial charge in [0.05, 0.1) is 0 Å². The van der Waals surface area contributed by atoms with Crippen LogP contribution in [0, 0.1) is 5.92 Å². The number of carbonyl (C=O) groups is 2. The van der Waals surface area contributed by atoms with Gasteiger partial charge in [0.25, 0.3) is 5.91 Å². The van der Waals surface area contributed by atoms with Crippen LogP contribution in [-0.4, -0.2) is 37.4 Å². The molecule has 0 radical (unpaired) electrons. The third kappa shape index (κ3) is 2.09. The van der Waals surface area contributed by atoms with Gasteiger partial charge in [0.15, 0.2) is 0 Å². The highest BCUT2D eigenvalue weighted by Crippen LogP contribution is 2.35. The zero-order valence-corrected chi connectivity index (χ0v) is 12.1. The van der Waals surface area contributed by atoms with E-state index >= 15 is 0 Å². The second kappa shape index (κ2) is 4.93. The van der Waals surface area contributed by atoms with E-state index in [1.54, 1.807) is 19.0 Å². The molecule has 20 heavy (non-hydrogen) atoms.